The number of ether oxygens (including phenoxy) is 2. The molecule has 1 aromatic rings. The van der Waals surface area contributed by atoms with Crippen LogP contribution in [0.15, 0.2) is 18.2 Å². The first kappa shape index (κ1) is 10.2. The molecule has 4 heteroatoms. The molecule has 2 rings (SSSR count). The molecule has 82 valence electrons. The van der Waals surface area contributed by atoms with Gasteiger partial charge in [0.15, 0.2) is 11.5 Å². The van der Waals surface area contributed by atoms with E-state index >= 15 is 0 Å². The minimum atomic E-state index is -0.329. The molecule has 3 nitrogen and oxygen atoms in total. The zero-order valence-corrected chi connectivity index (χ0v) is 8.41. The van der Waals surface area contributed by atoms with Gasteiger partial charge < -0.3 is 15.2 Å². The molecule has 2 N–H and O–H groups in total. The predicted octanol–water partition coefficient (Wildman–Crippen LogP) is 1.70. The summed E-state index contributed by atoms with van der Waals surface area (Å²) in [6, 6.07) is 4.29. The summed E-state index contributed by atoms with van der Waals surface area (Å²) in [6.45, 7) is 0.768. The van der Waals surface area contributed by atoms with Crippen LogP contribution in [-0.4, -0.2) is 19.3 Å². The van der Waals surface area contributed by atoms with E-state index in [-0.39, 0.29) is 11.9 Å². The van der Waals surface area contributed by atoms with Crippen molar-refractivity contribution in [3.63, 3.8) is 0 Å². The van der Waals surface area contributed by atoms with Crippen LogP contribution >= 0.6 is 0 Å². The fourth-order valence-electron chi connectivity index (χ4n) is 1.23. The van der Waals surface area contributed by atoms with E-state index in [1.807, 2.05) is 0 Å². The smallest absolute Gasteiger partial charge is 0.164 e. The maximum absolute atomic E-state index is 13.0. The maximum atomic E-state index is 13.0. The molecular weight excluding hydrogens is 197 g/mol. The van der Waals surface area contributed by atoms with Crippen LogP contribution < -0.4 is 15.2 Å². The second-order valence-electron chi connectivity index (χ2n) is 3.55. The van der Waals surface area contributed by atoms with Crippen molar-refractivity contribution < 1.29 is 13.9 Å². The molecule has 1 aromatic carbocycles. The van der Waals surface area contributed by atoms with E-state index in [4.69, 9.17) is 15.2 Å². The largest absolute Gasteiger partial charge is 0.488 e. The number of hydrogen-bond acceptors (Lipinski definition) is 3. The first-order valence-corrected chi connectivity index (χ1v) is 5.08. The summed E-state index contributed by atoms with van der Waals surface area (Å²) < 4.78 is 23.8. The van der Waals surface area contributed by atoms with Gasteiger partial charge in [0.05, 0.1) is 6.10 Å². The molecule has 1 saturated carbocycles. The molecule has 0 radical (unpaired) electrons. The van der Waals surface area contributed by atoms with Gasteiger partial charge in [-0.05, 0) is 25.0 Å². The molecule has 0 saturated heterocycles. The first-order valence-electron chi connectivity index (χ1n) is 5.08. The van der Waals surface area contributed by atoms with Crippen LogP contribution in [0, 0.1) is 5.82 Å². The van der Waals surface area contributed by atoms with Crippen molar-refractivity contribution in [2.75, 3.05) is 13.2 Å². The molecule has 1 fully saturated rings. The SMILES string of the molecule is NCCOc1cc(F)ccc1OC1CC1. The van der Waals surface area contributed by atoms with Gasteiger partial charge in [-0.2, -0.15) is 0 Å². The van der Waals surface area contributed by atoms with Gasteiger partial charge in [-0.1, -0.05) is 0 Å². The fraction of sp³-hybridized carbons (Fsp3) is 0.455. The fourth-order valence-corrected chi connectivity index (χ4v) is 1.23. The van der Waals surface area contributed by atoms with Crippen molar-refractivity contribution in [1.29, 1.82) is 0 Å². The van der Waals surface area contributed by atoms with Gasteiger partial charge in [-0.25, -0.2) is 4.39 Å². The van der Waals surface area contributed by atoms with E-state index < -0.39 is 0 Å². The number of benzene rings is 1. The average Bonchev–Trinajstić information content (AvgIpc) is 3.02. The second-order valence-corrected chi connectivity index (χ2v) is 3.55. The minimum Gasteiger partial charge on any atom is -0.488 e. The predicted molar refractivity (Wildman–Crippen MR) is 54.6 cm³/mol. The van der Waals surface area contributed by atoms with Crippen molar-refractivity contribution in [3.05, 3.63) is 24.0 Å². The molecule has 0 spiro atoms. The van der Waals surface area contributed by atoms with Crippen LogP contribution in [0.4, 0.5) is 4.39 Å². The maximum Gasteiger partial charge on any atom is 0.164 e. The van der Waals surface area contributed by atoms with Crippen LogP contribution in [0.25, 0.3) is 0 Å². The summed E-state index contributed by atoms with van der Waals surface area (Å²) >= 11 is 0. The number of rotatable bonds is 5. The van der Waals surface area contributed by atoms with E-state index in [0.29, 0.717) is 24.7 Å². The molecular formula is C11H14FNO2. The highest BCUT2D eigenvalue weighted by molar-refractivity contribution is 5.40. The van der Waals surface area contributed by atoms with Crippen LogP contribution in [0.5, 0.6) is 11.5 Å². The first-order chi connectivity index (χ1) is 7.29. The molecule has 0 atom stereocenters. The molecule has 0 aliphatic heterocycles. The zero-order valence-electron chi connectivity index (χ0n) is 8.41. The monoisotopic (exact) mass is 211 g/mol. The quantitative estimate of drug-likeness (QED) is 0.806. The molecule has 0 heterocycles. The second kappa shape index (κ2) is 4.49. The highest BCUT2D eigenvalue weighted by Gasteiger charge is 2.25. The zero-order chi connectivity index (χ0) is 10.7. The van der Waals surface area contributed by atoms with Gasteiger partial charge in [-0.3, -0.25) is 0 Å². The Morgan fingerprint density at radius 3 is 2.80 bits per heavy atom. The van der Waals surface area contributed by atoms with Gasteiger partial charge in [-0.15, -0.1) is 0 Å². The number of hydrogen-bond donors (Lipinski definition) is 1. The minimum absolute atomic E-state index is 0.274. The van der Waals surface area contributed by atoms with E-state index in [1.165, 1.54) is 12.1 Å². The molecule has 0 unspecified atom stereocenters. The van der Waals surface area contributed by atoms with Crippen molar-refractivity contribution in [2.24, 2.45) is 5.73 Å². The Bertz CT molecular complexity index is 339. The van der Waals surface area contributed by atoms with Gasteiger partial charge in [0.1, 0.15) is 12.4 Å². The Kier molecular flexibility index (Phi) is 3.06. The average molecular weight is 211 g/mol. The lowest BCUT2D eigenvalue weighted by Gasteiger charge is -2.11. The number of nitrogens with two attached hydrogens (primary N) is 1. The van der Waals surface area contributed by atoms with Crippen molar-refractivity contribution in [3.8, 4) is 11.5 Å². The van der Waals surface area contributed by atoms with Crippen LogP contribution in [0.2, 0.25) is 0 Å². The molecule has 1 aliphatic rings. The summed E-state index contributed by atoms with van der Waals surface area (Å²) in [7, 11) is 0. The standard InChI is InChI=1S/C11H14FNO2/c12-8-1-4-10(15-9-2-3-9)11(7-8)14-6-5-13/h1,4,7,9H,2-3,5-6,13H2. The lowest BCUT2D eigenvalue weighted by Crippen LogP contribution is -2.11. The summed E-state index contributed by atoms with van der Waals surface area (Å²) in [6.07, 6.45) is 2.40. The topological polar surface area (TPSA) is 44.5 Å². The molecule has 15 heavy (non-hydrogen) atoms. The molecule has 0 amide bonds. The van der Waals surface area contributed by atoms with Gasteiger partial charge in [0, 0.05) is 12.6 Å². The Balaban J connectivity index is 2.10. The normalized spacial score (nSPS) is 15.1. The van der Waals surface area contributed by atoms with Crippen LogP contribution in [0.1, 0.15) is 12.8 Å². The molecule has 0 bridgehead atoms. The third-order valence-electron chi connectivity index (χ3n) is 2.10. The summed E-state index contributed by atoms with van der Waals surface area (Å²) in [5.41, 5.74) is 5.32. The van der Waals surface area contributed by atoms with Gasteiger partial charge in [0.2, 0.25) is 0 Å². The Morgan fingerprint density at radius 1 is 1.33 bits per heavy atom. The van der Waals surface area contributed by atoms with Gasteiger partial charge >= 0.3 is 0 Å². The summed E-state index contributed by atoms with van der Waals surface area (Å²) in [5.74, 6) is 0.713. The lowest BCUT2D eigenvalue weighted by atomic mass is 10.3. The van der Waals surface area contributed by atoms with Crippen LogP contribution in [0.3, 0.4) is 0 Å². The lowest BCUT2D eigenvalue weighted by molar-refractivity contribution is 0.263. The highest BCUT2D eigenvalue weighted by Crippen LogP contribution is 2.33. The molecule has 0 aromatic heterocycles. The van der Waals surface area contributed by atoms with Crippen molar-refractivity contribution in [2.45, 2.75) is 18.9 Å². The van der Waals surface area contributed by atoms with Crippen molar-refractivity contribution in [1.82, 2.24) is 0 Å². The number of halogens is 1. The van der Waals surface area contributed by atoms with Crippen LogP contribution in [-0.2, 0) is 0 Å². The van der Waals surface area contributed by atoms with E-state index in [1.54, 1.807) is 6.07 Å². The van der Waals surface area contributed by atoms with Gasteiger partial charge in [0.25, 0.3) is 0 Å². The Morgan fingerprint density at radius 2 is 2.13 bits per heavy atom. The van der Waals surface area contributed by atoms with E-state index in [0.717, 1.165) is 12.8 Å². The third kappa shape index (κ3) is 2.83. The Labute approximate surface area is 88.0 Å². The molecule has 1 aliphatic carbocycles. The van der Waals surface area contributed by atoms with E-state index in [9.17, 15) is 4.39 Å². The summed E-state index contributed by atoms with van der Waals surface area (Å²) in [5, 5.41) is 0. The van der Waals surface area contributed by atoms with Crippen molar-refractivity contribution >= 4 is 0 Å². The van der Waals surface area contributed by atoms with E-state index in [2.05, 4.69) is 0 Å². The highest BCUT2D eigenvalue weighted by atomic mass is 19.1. The summed E-state index contributed by atoms with van der Waals surface area (Å²) in [4.78, 5) is 0. The third-order valence-corrected chi connectivity index (χ3v) is 2.10. The Hall–Kier alpha value is -1.29.